The van der Waals surface area contributed by atoms with E-state index in [0.29, 0.717) is 11.4 Å². The number of H-pyrrole nitrogens is 1. The first kappa shape index (κ1) is 17.2. The monoisotopic (exact) mass is 372 g/mol. The van der Waals surface area contributed by atoms with Crippen LogP contribution >= 0.6 is 0 Å². The van der Waals surface area contributed by atoms with Gasteiger partial charge in [-0.3, -0.25) is 30.1 Å². The van der Waals surface area contributed by atoms with Gasteiger partial charge in [0.1, 0.15) is 11.4 Å². The average molecular weight is 372 g/mol. The number of rotatable bonds is 4. The van der Waals surface area contributed by atoms with Crippen LogP contribution in [0, 0.1) is 0 Å². The Morgan fingerprint density at radius 1 is 0.893 bits per heavy atom. The third-order valence-electron chi connectivity index (χ3n) is 4.09. The van der Waals surface area contributed by atoms with Crippen LogP contribution in [0.5, 0.6) is 0 Å². The highest BCUT2D eigenvalue weighted by molar-refractivity contribution is 5.98. The van der Waals surface area contributed by atoms with Crippen LogP contribution in [0.4, 0.5) is 0 Å². The molecule has 138 valence electrons. The van der Waals surface area contributed by atoms with Crippen LogP contribution in [0.2, 0.25) is 0 Å². The van der Waals surface area contributed by atoms with E-state index in [9.17, 15) is 9.59 Å². The molecule has 3 N–H and O–H groups in total. The van der Waals surface area contributed by atoms with Crippen LogP contribution in [-0.4, -0.2) is 31.6 Å². The number of para-hydroxylation sites is 1. The van der Waals surface area contributed by atoms with Gasteiger partial charge in [-0.15, -0.1) is 0 Å². The van der Waals surface area contributed by atoms with Crippen LogP contribution in [0.1, 0.15) is 21.0 Å². The van der Waals surface area contributed by atoms with Crippen molar-refractivity contribution in [3.63, 3.8) is 0 Å². The van der Waals surface area contributed by atoms with Crippen LogP contribution < -0.4 is 10.9 Å². The third kappa shape index (κ3) is 3.51. The maximum absolute atomic E-state index is 12.4. The van der Waals surface area contributed by atoms with Crippen molar-refractivity contribution in [1.29, 1.82) is 0 Å². The maximum Gasteiger partial charge on any atom is 0.288 e. The molecular formula is C20H16N6O2. The van der Waals surface area contributed by atoms with E-state index in [1.807, 2.05) is 60.7 Å². The molecule has 0 spiro atoms. The Hall–Kier alpha value is -4.20. The SMILES string of the molecule is O=C(NNC(=O)c1cncn1-c1ccccc1)c1cc(-c2ccccc2)n[nH]1. The number of imidazole rings is 1. The molecule has 0 saturated carbocycles. The zero-order chi connectivity index (χ0) is 19.3. The van der Waals surface area contributed by atoms with Gasteiger partial charge in [0.2, 0.25) is 0 Å². The van der Waals surface area contributed by atoms with Gasteiger partial charge in [-0.25, -0.2) is 4.98 Å². The van der Waals surface area contributed by atoms with Gasteiger partial charge < -0.3 is 0 Å². The number of benzene rings is 2. The molecular weight excluding hydrogens is 356 g/mol. The van der Waals surface area contributed by atoms with Gasteiger partial charge in [0.15, 0.2) is 0 Å². The second kappa shape index (κ2) is 7.58. The number of hydrogen-bond acceptors (Lipinski definition) is 4. The second-order valence-electron chi connectivity index (χ2n) is 5.93. The lowest BCUT2D eigenvalue weighted by Gasteiger charge is -2.09. The topological polar surface area (TPSA) is 105 Å². The quantitative estimate of drug-likeness (QED) is 0.478. The molecule has 0 unspecified atom stereocenters. The molecule has 4 aromatic rings. The van der Waals surface area contributed by atoms with Gasteiger partial charge in [-0.05, 0) is 18.2 Å². The fourth-order valence-corrected chi connectivity index (χ4v) is 2.70. The molecule has 28 heavy (non-hydrogen) atoms. The molecule has 0 saturated heterocycles. The van der Waals surface area contributed by atoms with Crippen molar-refractivity contribution in [2.45, 2.75) is 0 Å². The first-order valence-corrected chi connectivity index (χ1v) is 8.51. The number of aromatic nitrogens is 4. The molecule has 0 aliphatic rings. The number of carbonyl (C=O) groups excluding carboxylic acids is 2. The molecule has 0 atom stereocenters. The van der Waals surface area contributed by atoms with E-state index < -0.39 is 11.8 Å². The second-order valence-corrected chi connectivity index (χ2v) is 5.93. The molecule has 2 aromatic heterocycles. The normalized spacial score (nSPS) is 10.4. The lowest BCUT2D eigenvalue weighted by atomic mass is 10.1. The number of amides is 2. The Morgan fingerprint density at radius 2 is 1.57 bits per heavy atom. The van der Waals surface area contributed by atoms with Crippen molar-refractivity contribution in [1.82, 2.24) is 30.6 Å². The highest BCUT2D eigenvalue weighted by Gasteiger charge is 2.16. The lowest BCUT2D eigenvalue weighted by Crippen LogP contribution is -2.42. The number of hydrogen-bond donors (Lipinski definition) is 3. The highest BCUT2D eigenvalue weighted by Crippen LogP contribution is 2.16. The molecule has 0 aliphatic heterocycles. The Kier molecular flexibility index (Phi) is 4.67. The van der Waals surface area contributed by atoms with E-state index in [4.69, 9.17) is 0 Å². The number of aromatic amines is 1. The van der Waals surface area contributed by atoms with E-state index >= 15 is 0 Å². The van der Waals surface area contributed by atoms with Gasteiger partial charge >= 0.3 is 0 Å². The first-order chi connectivity index (χ1) is 13.7. The number of hydrazine groups is 1. The van der Waals surface area contributed by atoms with Crippen LogP contribution in [-0.2, 0) is 0 Å². The van der Waals surface area contributed by atoms with Crippen LogP contribution in [0.25, 0.3) is 16.9 Å². The van der Waals surface area contributed by atoms with Crippen molar-refractivity contribution in [3.8, 4) is 16.9 Å². The smallest absolute Gasteiger partial charge is 0.288 e. The Bertz CT molecular complexity index is 1100. The summed E-state index contributed by atoms with van der Waals surface area (Å²) in [6.07, 6.45) is 2.96. The molecule has 0 bridgehead atoms. The number of nitrogens with one attached hydrogen (secondary N) is 3. The summed E-state index contributed by atoms with van der Waals surface area (Å²) in [4.78, 5) is 28.8. The zero-order valence-corrected chi connectivity index (χ0v) is 14.7. The lowest BCUT2D eigenvalue weighted by molar-refractivity contribution is 0.0840. The molecule has 8 nitrogen and oxygen atoms in total. The van der Waals surface area contributed by atoms with Crippen molar-refractivity contribution in [3.05, 3.63) is 90.6 Å². The molecule has 4 rings (SSSR count). The van der Waals surface area contributed by atoms with Gasteiger partial charge in [-0.2, -0.15) is 5.10 Å². The summed E-state index contributed by atoms with van der Waals surface area (Å²) in [6.45, 7) is 0. The van der Waals surface area contributed by atoms with E-state index in [2.05, 4.69) is 26.0 Å². The summed E-state index contributed by atoms with van der Waals surface area (Å²) in [5.41, 5.74) is 7.61. The molecule has 0 fully saturated rings. The van der Waals surface area contributed by atoms with Crippen LogP contribution in [0.3, 0.4) is 0 Å². The maximum atomic E-state index is 12.4. The summed E-state index contributed by atoms with van der Waals surface area (Å²) >= 11 is 0. The minimum absolute atomic E-state index is 0.232. The van der Waals surface area contributed by atoms with E-state index in [-0.39, 0.29) is 5.69 Å². The van der Waals surface area contributed by atoms with Crippen molar-refractivity contribution >= 4 is 11.8 Å². The predicted molar refractivity (Wildman–Crippen MR) is 103 cm³/mol. The minimum atomic E-state index is -0.506. The fraction of sp³-hybridized carbons (Fsp3) is 0. The average Bonchev–Trinajstić information content (AvgIpc) is 3.43. The summed E-state index contributed by atoms with van der Waals surface area (Å²) in [6, 6.07) is 20.4. The first-order valence-electron chi connectivity index (χ1n) is 8.51. The van der Waals surface area contributed by atoms with Gasteiger partial charge in [0, 0.05) is 11.3 Å². The van der Waals surface area contributed by atoms with E-state index in [1.54, 1.807) is 10.6 Å². The Labute approximate surface area is 160 Å². The summed E-state index contributed by atoms with van der Waals surface area (Å²) in [5, 5.41) is 6.79. The molecule has 0 radical (unpaired) electrons. The van der Waals surface area contributed by atoms with Crippen molar-refractivity contribution in [2.75, 3.05) is 0 Å². The molecule has 2 aromatic carbocycles. The van der Waals surface area contributed by atoms with Crippen molar-refractivity contribution < 1.29 is 9.59 Å². The molecule has 2 amide bonds. The molecule has 2 heterocycles. The summed E-state index contributed by atoms with van der Waals surface area (Å²) in [7, 11) is 0. The molecule has 8 heteroatoms. The van der Waals surface area contributed by atoms with Crippen LogP contribution in [0.15, 0.2) is 79.3 Å². The Morgan fingerprint density at radius 3 is 2.32 bits per heavy atom. The zero-order valence-electron chi connectivity index (χ0n) is 14.7. The van der Waals surface area contributed by atoms with Crippen molar-refractivity contribution in [2.24, 2.45) is 0 Å². The van der Waals surface area contributed by atoms with Gasteiger partial charge in [0.05, 0.1) is 18.2 Å². The standard InChI is InChI=1S/C20H16N6O2/c27-19(17-11-16(22-23-17)14-7-3-1-4-8-14)24-25-20(28)18-12-21-13-26(18)15-9-5-2-6-10-15/h1-13H,(H,22,23)(H,24,27)(H,25,28). The fourth-order valence-electron chi connectivity index (χ4n) is 2.70. The van der Waals surface area contributed by atoms with E-state index in [0.717, 1.165) is 11.3 Å². The minimum Gasteiger partial charge on any atom is -0.295 e. The number of nitrogens with zero attached hydrogens (tertiary/aromatic N) is 3. The third-order valence-corrected chi connectivity index (χ3v) is 4.09. The Balaban J connectivity index is 1.43. The highest BCUT2D eigenvalue weighted by atomic mass is 16.2. The number of carbonyl (C=O) groups is 2. The van der Waals surface area contributed by atoms with E-state index in [1.165, 1.54) is 12.5 Å². The summed E-state index contributed by atoms with van der Waals surface area (Å²) < 4.78 is 1.63. The summed E-state index contributed by atoms with van der Waals surface area (Å²) in [5.74, 6) is -0.994. The molecule has 0 aliphatic carbocycles. The van der Waals surface area contributed by atoms with Gasteiger partial charge in [-0.1, -0.05) is 48.5 Å². The van der Waals surface area contributed by atoms with Gasteiger partial charge in [0.25, 0.3) is 11.8 Å². The largest absolute Gasteiger partial charge is 0.295 e. The predicted octanol–water partition coefficient (Wildman–Crippen LogP) is 2.34.